The molecule has 1 heterocycles. The van der Waals surface area contributed by atoms with Crippen LogP contribution in [-0.4, -0.2) is 22.8 Å². The fourth-order valence-electron chi connectivity index (χ4n) is 1.73. The average Bonchev–Trinajstić information content (AvgIpc) is 2.10. The van der Waals surface area contributed by atoms with Crippen molar-refractivity contribution >= 4 is 11.8 Å². The van der Waals surface area contributed by atoms with Crippen LogP contribution < -0.4 is 0 Å². The standard InChI is InChI=1S/C11H15NO2/c1-4-9(5-2)12-10(13)6-8(3)7-11(12)14/h1,8-9H,5-7H2,2-3H3. The van der Waals surface area contributed by atoms with E-state index in [4.69, 9.17) is 6.42 Å². The lowest BCUT2D eigenvalue weighted by Gasteiger charge is -2.31. The zero-order chi connectivity index (χ0) is 10.7. The summed E-state index contributed by atoms with van der Waals surface area (Å²) in [5.74, 6) is 2.38. The Kier molecular flexibility index (Phi) is 3.29. The minimum Gasteiger partial charge on any atom is -0.274 e. The molecule has 0 N–H and O–H groups in total. The maximum absolute atomic E-state index is 11.6. The number of hydrogen-bond donors (Lipinski definition) is 0. The molecule has 1 rings (SSSR count). The van der Waals surface area contributed by atoms with Crippen molar-refractivity contribution in [2.45, 2.75) is 39.2 Å². The topological polar surface area (TPSA) is 37.4 Å². The monoisotopic (exact) mass is 193 g/mol. The molecule has 1 aliphatic rings. The van der Waals surface area contributed by atoms with Gasteiger partial charge in [-0.05, 0) is 12.3 Å². The van der Waals surface area contributed by atoms with Gasteiger partial charge in [0, 0.05) is 12.8 Å². The smallest absolute Gasteiger partial charge is 0.230 e. The second-order valence-electron chi connectivity index (χ2n) is 3.76. The van der Waals surface area contributed by atoms with Gasteiger partial charge in [-0.25, -0.2) is 0 Å². The first kappa shape index (κ1) is 10.8. The lowest BCUT2D eigenvalue weighted by molar-refractivity contribution is -0.151. The number of piperidine rings is 1. The Hall–Kier alpha value is -1.30. The molecule has 3 nitrogen and oxygen atoms in total. The minimum absolute atomic E-state index is 0.126. The Morgan fingerprint density at radius 2 is 2.00 bits per heavy atom. The number of carbonyl (C=O) groups excluding carboxylic acids is 2. The summed E-state index contributed by atoms with van der Waals surface area (Å²) < 4.78 is 0. The Morgan fingerprint density at radius 3 is 2.36 bits per heavy atom. The van der Waals surface area contributed by atoms with Gasteiger partial charge in [-0.3, -0.25) is 14.5 Å². The summed E-state index contributed by atoms with van der Waals surface area (Å²) in [4.78, 5) is 24.4. The van der Waals surface area contributed by atoms with Crippen LogP contribution in [0.4, 0.5) is 0 Å². The molecule has 14 heavy (non-hydrogen) atoms. The van der Waals surface area contributed by atoms with Crippen molar-refractivity contribution < 1.29 is 9.59 Å². The van der Waals surface area contributed by atoms with Crippen LogP contribution in [-0.2, 0) is 9.59 Å². The van der Waals surface area contributed by atoms with Gasteiger partial charge in [-0.2, -0.15) is 0 Å². The van der Waals surface area contributed by atoms with Crippen molar-refractivity contribution in [1.29, 1.82) is 0 Å². The molecule has 0 spiro atoms. The number of carbonyl (C=O) groups is 2. The second-order valence-corrected chi connectivity index (χ2v) is 3.76. The van der Waals surface area contributed by atoms with Gasteiger partial charge < -0.3 is 0 Å². The molecule has 0 radical (unpaired) electrons. The van der Waals surface area contributed by atoms with Gasteiger partial charge in [-0.1, -0.05) is 19.8 Å². The van der Waals surface area contributed by atoms with Crippen LogP contribution in [0.3, 0.4) is 0 Å². The molecule has 76 valence electrons. The molecule has 0 aromatic carbocycles. The largest absolute Gasteiger partial charge is 0.274 e. The van der Waals surface area contributed by atoms with Gasteiger partial charge in [0.25, 0.3) is 0 Å². The summed E-state index contributed by atoms with van der Waals surface area (Å²) >= 11 is 0. The van der Waals surface area contributed by atoms with Crippen LogP contribution in [0.2, 0.25) is 0 Å². The van der Waals surface area contributed by atoms with Gasteiger partial charge in [0.05, 0.1) is 0 Å². The Labute approximate surface area is 84.5 Å². The van der Waals surface area contributed by atoms with Crippen molar-refractivity contribution in [2.24, 2.45) is 5.92 Å². The van der Waals surface area contributed by atoms with Crippen molar-refractivity contribution in [1.82, 2.24) is 4.90 Å². The molecule has 1 fully saturated rings. The summed E-state index contributed by atoms with van der Waals surface area (Å²) in [6.45, 7) is 3.78. The third-order valence-corrected chi connectivity index (χ3v) is 2.47. The number of likely N-dealkylation sites (tertiary alicyclic amines) is 1. The van der Waals surface area contributed by atoms with Gasteiger partial charge in [0.2, 0.25) is 11.8 Å². The van der Waals surface area contributed by atoms with Gasteiger partial charge >= 0.3 is 0 Å². The van der Waals surface area contributed by atoms with E-state index in [0.29, 0.717) is 19.3 Å². The van der Waals surface area contributed by atoms with Crippen LogP contribution in [0, 0.1) is 18.3 Å². The number of amides is 2. The molecular weight excluding hydrogens is 178 g/mol. The predicted octanol–water partition coefficient (Wildman–Crippen LogP) is 1.18. The molecule has 1 unspecified atom stereocenters. The summed E-state index contributed by atoms with van der Waals surface area (Å²) in [5.41, 5.74) is 0. The third kappa shape index (κ3) is 1.95. The third-order valence-electron chi connectivity index (χ3n) is 2.47. The molecule has 3 heteroatoms. The second kappa shape index (κ2) is 4.28. The number of nitrogens with zero attached hydrogens (tertiary/aromatic N) is 1. The fraction of sp³-hybridized carbons (Fsp3) is 0.636. The van der Waals surface area contributed by atoms with E-state index in [1.165, 1.54) is 4.90 Å². The molecule has 2 amide bonds. The average molecular weight is 193 g/mol. The van der Waals surface area contributed by atoms with Crippen molar-refractivity contribution in [3.8, 4) is 12.3 Å². The van der Waals surface area contributed by atoms with E-state index in [1.54, 1.807) is 0 Å². The first-order valence-corrected chi connectivity index (χ1v) is 4.91. The first-order valence-electron chi connectivity index (χ1n) is 4.91. The normalized spacial score (nSPS) is 20.8. The first-order chi connectivity index (χ1) is 6.60. The minimum atomic E-state index is -0.359. The number of hydrogen-bond acceptors (Lipinski definition) is 2. The molecule has 1 saturated heterocycles. The van der Waals surface area contributed by atoms with E-state index in [0.717, 1.165) is 0 Å². The van der Waals surface area contributed by atoms with E-state index in [-0.39, 0.29) is 23.8 Å². The molecule has 0 bridgehead atoms. The van der Waals surface area contributed by atoms with Crippen LogP contribution in [0.5, 0.6) is 0 Å². The maximum atomic E-state index is 11.6. The van der Waals surface area contributed by atoms with E-state index < -0.39 is 0 Å². The number of imide groups is 1. The van der Waals surface area contributed by atoms with Crippen LogP contribution in [0.1, 0.15) is 33.1 Å². The summed E-state index contributed by atoms with van der Waals surface area (Å²) in [7, 11) is 0. The van der Waals surface area contributed by atoms with Crippen molar-refractivity contribution in [3.63, 3.8) is 0 Å². The molecular formula is C11H15NO2. The van der Waals surface area contributed by atoms with Gasteiger partial charge in [0.15, 0.2) is 0 Å². The molecule has 1 atom stereocenters. The predicted molar refractivity (Wildman–Crippen MR) is 53.2 cm³/mol. The zero-order valence-corrected chi connectivity index (χ0v) is 8.62. The fourth-order valence-corrected chi connectivity index (χ4v) is 1.73. The van der Waals surface area contributed by atoms with Crippen LogP contribution in [0.15, 0.2) is 0 Å². The highest BCUT2D eigenvalue weighted by Crippen LogP contribution is 2.21. The molecule has 0 saturated carbocycles. The highest BCUT2D eigenvalue weighted by atomic mass is 16.2. The Bertz CT molecular complexity index is 272. The lowest BCUT2D eigenvalue weighted by Crippen LogP contribution is -2.48. The zero-order valence-electron chi connectivity index (χ0n) is 8.62. The van der Waals surface area contributed by atoms with E-state index in [2.05, 4.69) is 5.92 Å². The summed E-state index contributed by atoms with van der Waals surface area (Å²) in [5, 5.41) is 0. The maximum Gasteiger partial charge on any atom is 0.230 e. The van der Waals surface area contributed by atoms with E-state index >= 15 is 0 Å². The van der Waals surface area contributed by atoms with Crippen LogP contribution in [0.25, 0.3) is 0 Å². The van der Waals surface area contributed by atoms with E-state index in [1.807, 2.05) is 13.8 Å². The lowest BCUT2D eigenvalue weighted by atomic mass is 9.96. The highest BCUT2D eigenvalue weighted by Gasteiger charge is 2.33. The highest BCUT2D eigenvalue weighted by molar-refractivity contribution is 5.98. The Morgan fingerprint density at radius 1 is 1.50 bits per heavy atom. The molecule has 1 aliphatic heterocycles. The van der Waals surface area contributed by atoms with Gasteiger partial charge in [0.1, 0.15) is 6.04 Å². The molecule has 0 aromatic rings. The quantitative estimate of drug-likeness (QED) is 0.488. The number of rotatable bonds is 2. The number of terminal acetylenes is 1. The van der Waals surface area contributed by atoms with E-state index in [9.17, 15) is 9.59 Å². The van der Waals surface area contributed by atoms with Gasteiger partial charge in [-0.15, -0.1) is 6.42 Å². The van der Waals surface area contributed by atoms with Crippen molar-refractivity contribution in [2.75, 3.05) is 0 Å². The summed E-state index contributed by atoms with van der Waals surface area (Å²) in [6.07, 6.45) is 6.77. The van der Waals surface area contributed by atoms with Crippen molar-refractivity contribution in [3.05, 3.63) is 0 Å². The SMILES string of the molecule is C#CC(CC)N1C(=O)CC(C)CC1=O. The molecule has 0 aliphatic carbocycles. The summed E-state index contributed by atoms with van der Waals surface area (Å²) in [6, 6.07) is -0.359. The van der Waals surface area contributed by atoms with Crippen LogP contribution >= 0.6 is 0 Å². The Balaban J connectivity index is 2.82. The molecule has 0 aromatic heterocycles.